The standard InChI is InChI=1S/C17H27N3O/c1-11(17(2,3)4)9-13(18)12-7-8-14-15(10-12)20(6)16(21)19(14)5/h7-8,10-11,13H,9,18H2,1-6H3. The molecule has 2 aromatic rings. The number of hydrogen-bond acceptors (Lipinski definition) is 2. The lowest BCUT2D eigenvalue weighted by molar-refractivity contribution is 0.234. The number of benzene rings is 1. The highest BCUT2D eigenvalue weighted by molar-refractivity contribution is 5.77. The maximum absolute atomic E-state index is 12.0. The molecule has 0 spiro atoms. The van der Waals surface area contributed by atoms with Crippen molar-refractivity contribution in [3.8, 4) is 0 Å². The van der Waals surface area contributed by atoms with Crippen molar-refractivity contribution < 1.29 is 0 Å². The van der Waals surface area contributed by atoms with Gasteiger partial charge in [-0.25, -0.2) is 4.79 Å². The van der Waals surface area contributed by atoms with Crippen molar-refractivity contribution in [2.24, 2.45) is 31.2 Å². The van der Waals surface area contributed by atoms with Gasteiger partial charge in [0.2, 0.25) is 0 Å². The van der Waals surface area contributed by atoms with E-state index in [0.717, 1.165) is 23.0 Å². The Labute approximate surface area is 126 Å². The molecule has 4 heteroatoms. The van der Waals surface area contributed by atoms with E-state index in [2.05, 4.69) is 33.8 Å². The van der Waals surface area contributed by atoms with E-state index in [-0.39, 0.29) is 17.1 Å². The average molecular weight is 289 g/mol. The summed E-state index contributed by atoms with van der Waals surface area (Å²) in [7, 11) is 3.60. The van der Waals surface area contributed by atoms with Gasteiger partial charge in [-0.3, -0.25) is 9.13 Å². The molecular weight excluding hydrogens is 262 g/mol. The number of hydrogen-bond donors (Lipinski definition) is 1. The molecule has 2 unspecified atom stereocenters. The van der Waals surface area contributed by atoms with Gasteiger partial charge in [-0.05, 0) is 35.4 Å². The third-order valence-corrected chi connectivity index (χ3v) is 4.81. The topological polar surface area (TPSA) is 52.9 Å². The first kappa shape index (κ1) is 15.8. The number of nitrogens with zero attached hydrogens (tertiary/aromatic N) is 2. The summed E-state index contributed by atoms with van der Waals surface area (Å²) in [6.07, 6.45) is 0.940. The van der Waals surface area contributed by atoms with Crippen molar-refractivity contribution >= 4 is 11.0 Å². The van der Waals surface area contributed by atoms with E-state index in [4.69, 9.17) is 5.73 Å². The van der Waals surface area contributed by atoms with Crippen LogP contribution in [0.3, 0.4) is 0 Å². The summed E-state index contributed by atoms with van der Waals surface area (Å²) in [5, 5.41) is 0. The Hall–Kier alpha value is -1.55. The Morgan fingerprint density at radius 2 is 1.71 bits per heavy atom. The van der Waals surface area contributed by atoms with E-state index in [1.54, 1.807) is 23.2 Å². The van der Waals surface area contributed by atoms with Gasteiger partial charge >= 0.3 is 5.69 Å². The van der Waals surface area contributed by atoms with Crippen molar-refractivity contribution in [3.05, 3.63) is 34.2 Å². The highest BCUT2D eigenvalue weighted by Gasteiger charge is 2.23. The molecular formula is C17H27N3O. The van der Waals surface area contributed by atoms with Crippen molar-refractivity contribution in [2.45, 2.75) is 40.2 Å². The summed E-state index contributed by atoms with van der Waals surface area (Å²) in [6, 6.07) is 6.09. The van der Waals surface area contributed by atoms with Gasteiger partial charge in [0.15, 0.2) is 0 Å². The third-order valence-electron chi connectivity index (χ3n) is 4.81. The maximum Gasteiger partial charge on any atom is 0.328 e. The van der Waals surface area contributed by atoms with E-state index >= 15 is 0 Å². The van der Waals surface area contributed by atoms with Crippen LogP contribution in [0.5, 0.6) is 0 Å². The number of fused-ring (bicyclic) bond motifs is 1. The first-order chi connectivity index (χ1) is 9.62. The number of aryl methyl sites for hydroxylation is 2. The molecule has 0 fully saturated rings. The highest BCUT2D eigenvalue weighted by atomic mass is 16.1. The quantitative estimate of drug-likeness (QED) is 0.944. The van der Waals surface area contributed by atoms with E-state index in [1.807, 2.05) is 12.1 Å². The minimum Gasteiger partial charge on any atom is -0.324 e. The molecule has 0 aliphatic heterocycles. The summed E-state index contributed by atoms with van der Waals surface area (Å²) < 4.78 is 3.35. The van der Waals surface area contributed by atoms with Crippen LogP contribution < -0.4 is 11.4 Å². The van der Waals surface area contributed by atoms with Crippen molar-refractivity contribution in [3.63, 3.8) is 0 Å². The number of imidazole rings is 1. The minimum atomic E-state index is -0.00113. The summed E-state index contributed by atoms with van der Waals surface area (Å²) >= 11 is 0. The molecule has 0 amide bonds. The van der Waals surface area contributed by atoms with Crippen molar-refractivity contribution in [2.75, 3.05) is 0 Å². The number of nitrogens with two attached hydrogens (primary N) is 1. The Morgan fingerprint density at radius 3 is 2.29 bits per heavy atom. The third kappa shape index (κ3) is 2.91. The first-order valence-electron chi connectivity index (χ1n) is 7.54. The fourth-order valence-electron chi connectivity index (χ4n) is 2.62. The van der Waals surface area contributed by atoms with E-state index in [0.29, 0.717) is 5.92 Å². The van der Waals surface area contributed by atoms with Gasteiger partial charge in [0, 0.05) is 20.1 Å². The largest absolute Gasteiger partial charge is 0.328 e. The monoisotopic (exact) mass is 289 g/mol. The summed E-state index contributed by atoms with van der Waals surface area (Å²) in [5.74, 6) is 0.530. The smallest absolute Gasteiger partial charge is 0.324 e. The van der Waals surface area contributed by atoms with Crippen LogP contribution in [0.4, 0.5) is 0 Å². The van der Waals surface area contributed by atoms with Crippen LogP contribution >= 0.6 is 0 Å². The molecule has 2 atom stereocenters. The summed E-state index contributed by atoms with van der Waals surface area (Å²) in [5.41, 5.74) is 9.62. The fourth-order valence-corrected chi connectivity index (χ4v) is 2.62. The van der Waals surface area contributed by atoms with Crippen LogP contribution in [0, 0.1) is 11.3 Å². The molecule has 1 aromatic carbocycles. The Kier molecular flexibility index (Phi) is 4.02. The van der Waals surface area contributed by atoms with Gasteiger partial charge in [-0.2, -0.15) is 0 Å². The minimum absolute atomic E-state index is 0.000988. The summed E-state index contributed by atoms with van der Waals surface area (Å²) in [6.45, 7) is 8.98. The average Bonchev–Trinajstić information content (AvgIpc) is 2.62. The lowest BCUT2D eigenvalue weighted by atomic mass is 9.78. The van der Waals surface area contributed by atoms with Crippen LogP contribution in [0.2, 0.25) is 0 Å². The molecule has 116 valence electrons. The number of rotatable bonds is 3. The van der Waals surface area contributed by atoms with Crippen molar-refractivity contribution in [1.29, 1.82) is 0 Å². The predicted octanol–water partition coefficient (Wildman–Crippen LogP) is 2.95. The zero-order valence-electron chi connectivity index (χ0n) is 14.0. The molecule has 0 bridgehead atoms. The highest BCUT2D eigenvalue weighted by Crippen LogP contribution is 2.32. The molecule has 0 aliphatic rings. The predicted molar refractivity (Wildman–Crippen MR) is 88.3 cm³/mol. The second kappa shape index (κ2) is 5.34. The van der Waals surface area contributed by atoms with Crippen molar-refractivity contribution in [1.82, 2.24) is 9.13 Å². The van der Waals surface area contributed by atoms with Crippen LogP contribution in [0.1, 0.15) is 45.7 Å². The molecule has 0 saturated heterocycles. The number of aromatic nitrogens is 2. The SMILES string of the molecule is CC(CC(N)c1ccc2c(c1)n(C)c(=O)n2C)C(C)(C)C. The van der Waals surface area contributed by atoms with E-state index in [9.17, 15) is 4.79 Å². The second-order valence-corrected chi connectivity index (χ2v) is 7.26. The van der Waals surface area contributed by atoms with E-state index in [1.165, 1.54) is 0 Å². The molecule has 2 N–H and O–H groups in total. The fraction of sp³-hybridized carbons (Fsp3) is 0.588. The van der Waals surface area contributed by atoms with Gasteiger partial charge < -0.3 is 5.73 Å². The van der Waals surface area contributed by atoms with Crippen LogP contribution in [-0.4, -0.2) is 9.13 Å². The first-order valence-corrected chi connectivity index (χ1v) is 7.54. The normalized spacial score (nSPS) is 15.4. The lowest BCUT2D eigenvalue weighted by Gasteiger charge is -2.29. The van der Waals surface area contributed by atoms with E-state index < -0.39 is 0 Å². The lowest BCUT2D eigenvalue weighted by Crippen LogP contribution is -2.23. The Morgan fingerprint density at radius 1 is 1.14 bits per heavy atom. The molecule has 1 heterocycles. The van der Waals surface area contributed by atoms with Gasteiger partial charge in [-0.15, -0.1) is 0 Å². The zero-order chi connectivity index (χ0) is 15.9. The molecule has 2 rings (SSSR count). The van der Waals surface area contributed by atoms with Gasteiger partial charge in [-0.1, -0.05) is 33.8 Å². The van der Waals surface area contributed by atoms with Gasteiger partial charge in [0.05, 0.1) is 11.0 Å². The second-order valence-electron chi connectivity index (χ2n) is 7.26. The van der Waals surface area contributed by atoms with Gasteiger partial charge in [0.1, 0.15) is 0 Å². The molecule has 0 radical (unpaired) electrons. The van der Waals surface area contributed by atoms with Crippen LogP contribution in [-0.2, 0) is 14.1 Å². The zero-order valence-corrected chi connectivity index (χ0v) is 14.0. The Bertz CT molecular complexity index is 703. The summed E-state index contributed by atoms with van der Waals surface area (Å²) in [4.78, 5) is 12.0. The molecule has 21 heavy (non-hydrogen) atoms. The molecule has 4 nitrogen and oxygen atoms in total. The van der Waals surface area contributed by atoms with Crippen LogP contribution in [0.25, 0.3) is 11.0 Å². The molecule has 1 aromatic heterocycles. The van der Waals surface area contributed by atoms with Gasteiger partial charge in [0.25, 0.3) is 0 Å². The molecule has 0 aliphatic carbocycles. The molecule has 0 saturated carbocycles. The maximum atomic E-state index is 12.0. The van der Waals surface area contributed by atoms with Crippen LogP contribution in [0.15, 0.2) is 23.0 Å². The Balaban J connectivity index is 2.35.